The number of ether oxygens (including phenoxy) is 1. The van der Waals surface area contributed by atoms with Gasteiger partial charge < -0.3 is 26.4 Å². The van der Waals surface area contributed by atoms with Gasteiger partial charge in [0.15, 0.2) is 0 Å². The summed E-state index contributed by atoms with van der Waals surface area (Å²) in [5.41, 5.74) is 10.4. The van der Waals surface area contributed by atoms with Gasteiger partial charge in [0.25, 0.3) is 5.91 Å². The molecule has 3 aromatic carbocycles. The van der Waals surface area contributed by atoms with Crippen molar-refractivity contribution in [3.8, 4) is 5.75 Å². The standard InChI is InChI=1S/C35H39N5O4/c1-3-44-29-17-15-27(16-18-29)30(22-39-33(41)28-13-7-24(2)8-14-28)34(42)40-23-31(32-6-4-5-19-37-32)35(43)38-21-26-11-9-25(20-36)10-12-26/h4-19,30-31H,3,20-23,36H2,1-2H3,(H,38,43)(H,39,41)(H,40,42)/t30-,31+/m1/s1. The summed E-state index contributed by atoms with van der Waals surface area (Å²) in [4.78, 5) is 44.4. The summed E-state index contributed by atoms with van der Waals surface area (Å²) < 4.78 is 5.56. The van der Waals surface area contributed by atoms with E-state index in [1.165, 1.54) is 0 Å². The molecule has 1 heterocycles. The third-order valence-corrected chi connectivity index (χ3v) is 7.26. The second-order valence-corrected chi connectivity index (χ2v) is 10.4. The number of carbonyl (C=O) groups is 3. The highest BCUT2D eigenvalue weighted by Gasteiger charge is 2.26. The summed E-state index contributed by atoms with van der Waals surface area (Å²) in [6.45, 7) is 5.22. The zero-order chi connectivity index (χ0) is 31.3. The fraction of sp³-hybridized carbons (Fsp3) is 0.257. The zero-order valence-corrected chi connectivity index (χ0v) is 25.1. The van der Waals surface area contributed by atoms with Gasteiger partial charge in [0.2, 0.25) is 11.8 Å². The van der Waals surface area contributed by atoms with Crippen molar-refractivity contribution in [1.29, 1.82) is 0 Å². The molecule has 1 aromatic heterocycles. The smallest absolute Gasteiger partial charge is 0.251 e. The van der Waals surface area contributed by atoms with Crippen LogP contribution in [0, 0.1) is 6.92 Å². The number of benzene rings is 3. The Morgan fingerprint density at radius 3 is 2.07 bits per heavy atom. The third-order valence-electron chi connectivity index (χ3n) is 7.26. The lowest BCUT2D eigenvalue weighted by molar-refractivity contribution is -0.124. The quantitative estimate of drug-likeness (QED) is 0.175. The maximum atomic E-state index is 13.7. The van der Waals surface area contributed by atoms with Crippen molar-refractivity contribution in [1.82, 2.24) is 20.9 Å². The van der Waals surface area contributed by atoms with Crippen molar-refractivity contribution < 1.29 is 19.1 Å². The Bertz CT molecular complexity index is 1510. The lowest BCUT2D eigenvalue weighted by Gasteiger charge is -2.21. The number of amides is 3. The average molecular weight is 594 g/mol. The van der Waals surface area contributed by atoms with Crippen molar-refractivity contribution >= 4 is 17.7 Å². The molecule has 0 saturated carbocycles. The van der Waals surface area contributed by atoms with Crippen molar-refractivity contribution in [2.45, 2.75) is 38.8 Å². The van der Waals surface area contributed by atoms with E-state index in [0.717, 1.165) is 16.7 Å². The predicted molar refractivity (Wildman–Crippen MR) is 170 cm³/mol. The number of aryl methyl sites for hydroxylation is 1. The first-order chi connectivity index (χ1) is 21.4. The van der Waals surface area contributed by atoms with Crippen LogP contribution in [0.25, 0.3) is 0 Å². The second kappa shape index (κ2) is 16.0. The average Bonchev–Trinajstić information content (AvgIpc) is 3.05. The van der Waals surface area contributed by atoms with E-state index in [1.54, 1.807) is 48.7 Å². The summed E-state index contributed by atoms with van der Waals surface area (Å²) in [6, 6.07) is 27.5. The molecule has 4 aromatic rings. The molecule has 0 saturated heterocycles. The molecule has 3 amide bonds. The lowest BCUT2D eigenvalue weighted by atomic mass is 9.96. The van der Waals surface area contributed by atoms with E-state index >= 15 is 0 Å². The number of pyridine rings is 1. The fourth-order valence-corrected chi connectivity index (χ4v) is 4.67. The molecule has 0 aliphatic heterocycles. The molecule has 0 unspecified atom stereocenters. The van der Waals surface area contributed by atoms with Crippen LogP contribution >= 0.6 is 0 Å². The number of carbonyl (C=O) groups excluding carboxylic acids is 3. The number of aromatic nitrogens is 1. The molecule has 228 valence electrons. The lowest BCUT2D eigenvalue weighted by Crippen LogP contribution is -2.42. The highest BCUT2D eigenvalue weighted by Crippen LogP contribution is 2.21. The van der Waals surface area contributed by atoms with Gasteiger partial charge in [-0.15, -0.1) is 0 Å². The molecular weight excluding hydrogens is 554 g/mol. The van der Waals surface area contributed by atoms with Crippen LogP contribution in [0.1, 0.15) is 57.1 Å². The SMILES string of the molecule is CCOc1ccc([C@@H](CNC(=O)c2ccc(C)cc2)C(=O)NC[C@H](C(=O)NCc2ccc(CN)cc2)c2ccccn2)cc1. The monoisotopic (exact) mass is 593 g/mol. The number of hydrogen-bond acceptors (Lipinski definition) is 6. The van der Waals surface area contributed by atoms with Gasteiger partial charge in [-0.05, 0) is 66.9 Å². The van der Waals surface area contributed by atoms with Crippen LogP contribution in [-0.4, -0.2) is 42.4 Å². The molecule has 5 N–H and O–H groups in total. The van der Waals surface area contributed by atoms with Crippen LogP contribution < -0.4 is 26.4 Å². The van der Waals surface area contributed by atoms with Gasteiger partial charge in [0, 0.05) is 37.9 Å². The first-order valence-corrected chi connectivity index (χ1v) is 14.7. The number of rotatable bonds is 14. The summed E-state index contributed by atoms with van der Waals surface area (Å²) in [7, 11) is 0. The van der Waals surface area contributed by atoms with Gasteiger partial charge in [-0.2, -0.15) is 0 Å². The molecule has 0 radical (unpaired) electrons. The second-order valence-electron chi connectivity index (χ2n) is 10.4. The first-order valence-electron chi connectivity index (χ1n) is 14.7. The third kappa shape index (κ3) is 8.99. The maximum absolute atomic E-state index is 13.7. The van der Waals surface area contributed by atoms with Crippen LogP contribution in [0.15, 0.2) is 97.2 Å². The minimum absolute atomic E-state index is 0.0211. The van der Waals surface area contributed by atoms with Gasteiger partial charge >= 0.3 is 0 Å². The van der Waals surface area contributed by atoms with E-state index < -0.39 is 11.8 Å². The van der Waals surface area contributed by atoms with E-state index in [9.17, 15) is 14.4 Å². The Labute approximate surface area is 258 Å². The Kier molecular flexibility index (Phi) is 11.6. The van der Waals surface area contributed by atoms with Gasteiger partial charge in [0.05, 0.1) is 24.1 Å². The molecule has 0 fully saturated rings. The molecule has 44 heavy (non-hydrogen) atoms. The Morgan fingerprint density at radius 2 is 1.43 bits per heavy atom. The van der Waals surface area contributed by atoms with Gasteiger partial charge in [-0.25, -0.2) is 0 Å². The predicted octanol–water partition coefficient (Wildman–Crippen LogP) is 3.98. The van der Waals surface area contributed by atoms with E-state index in [1.807, 2.05) is 62.4 Å². The summed E-state index contributed by atoms with van der Waals surface area (Å²) >= 11 is 0. The van der Waals surface area contributed by atoms with Crippen LogP contribution in [0.4, 0.5) is 0 Å². The van der Waals surface area contributed by atoms with Crippen molar-refractivity contribution in [2.75, 3.05) is 19.7 Å². The normalized spacial score (nSPS) is 12.1. The van der Waals surface area contributed by atoms with Crippen molar-refractivity contribution in [2.24, 2.45) is 5.73 Å². The summed E-state index contributed by atoms with van der Waals surface area (Å²) in [5.74, 6) is -1.63. The molecule has 0 bridgehead atoms. The molecule has 2 atom stereocenters. The molecule has 4 rings (SSSR count). The van der Waals surface area contributed by atoms with Crippen LogP contribution in [-0.2, 0) is 22.7 Å². The number of nitrogens with zero attached hydrogens (tertiary/aromatic N) is 1. The molecule has 9 nitrogen and oxygen atoms in total. The highest BCUT2D eigenvalue weighted by atomic mass is 16.5. The van der Waals surface area contributed by atoms with E-state index in [4.69, 9.17) is 10.5 Å². The Morgan fingerprint density at radius 1 is 0.773 bits per heavy atom. The zero-order valence-electron chi connectivity index (χ0n) is 25.1. The molecule has 0 spiro atoms. The number of hydrogen-bond donors (Lipinski definition) is 4. The molecule has 9 heteroatoms. The van der Waals surface area contributed by atoms with Crippen LogP contribution in [0.5, 0.6) is 5.75 Å². The topological polar surface area (TPSA) is 135 Å². The highest BCUT2D eigenvalue weighted by molar-refractivity contribution is 5.95. The van der Waals surface area contributed by atoms with Gasteiger partial charge in [0.1, 0.15) is 5.75 Å². The number of nitrogens with two attached hydrogens (primary N) is 1. The summed E-state index contributed by atoms with van der Waals surface area (Å²) in [6.07, 6.45) is 1.62. The molecular formula is C35H39N5O4. The van der Waals surface area contributed by atoms with Gasteiger partial charge in [-0.1, -0.05) is 60.2 Å². The van der Waals surface area contributed by atoms with E-state index in [2.05, 4.69) is 20.9 Å². The maximum Gasteiger partial charge on any atom is 0.251 e. The Balaban J connectivity index is 1.48. The minimum atomic E-state index is -0.730. The molecule has 0 aliphatic rings. The van der Waals surface area contributed by atoms with E-state index in [0.29, 0.717) is 42.3 Å². The largest absolute Gasteiger partial charge is 0.494 e. The summed E-state index contributed by atoms with van der Waals surface area (Å²) in [5, 5.41) is 8.81. The van der Waals surface area contributed by atoms with E-state index in [-0.39, 0.29) is 30.8 Å². The molecule has 0 aliphatic carbocycles. The fourth-order valence-electron chi connectivity index (χ4n) is 4.67. The van der Waals surface area contributed by atoms with Crippen molar-refractivity contribution in [3.63, 3.8) is 0 Å². The minimum Gasteiger partial charge on any atom is -0.494 e. The Hall–Kier alpha value is -5.02. The van der Waals surface area contributed by atoms with Gasteiger partial charge in [-0.3, -0.25) is 19.4 Å². The number of nitrogens with one attached hydrogen (secondary N) is 3. The van der Waals surface area contributed by atoms with Crippen LogP contribution in [0.3, 0.4) is 0 Å². The first kappa shape index (κ1) is 31.9. The van der Waals surface area contributed by atoms with Crippen molar-refractivity contribution in [3.05, 3.63) is 131 Å². The van der Waals surface area contributed by atoms with Crippen LogP contribution in [0.2, 0.25) is 0 Å².